The molecule has 1 fully saturated rings. The number of nitrogens with zero attached hydrogens (tertiary/aromatic N) is 1. The van der Waals surface area contributed by atoms with Crippen molar-refractivity contribution >= 4 is 11.8 Å². The summed E-state index contributed by atoms with van der Waals surface area (Å²) in [7, 11) is 0. The third-order valence-electron chi connectivity index (χ3n) is 3.68. The van der Waals surface area contributed by atoms with Crippen molar-refractivity contribution in [2.24, 2.45) is 0 Å². The molecule has 1 radical (unpaired) electrons. The lowest BCUT2D eigenvalue weighted by Gasteiger charge is -2.26. The Kier molecular flexibility index (Phi) is 5.14. The molecule has 2 rings (SSSR count). The van der Waals surface area contributed by atoms with Crippen LogP contribution in [0.1, 0.15) is 38.2 Å². The topological polar surface area (TPSA) is 81.5 Å². The van der Waals surface area contributed by atoms with Gasteiger partial charge in [-0.2, -0.15) is 0 Å². The number of hydrogen-bond acceptors (Lipinski definition) is 4. The molecule has 0 aliphatic heterocycles. The first-order valence-corrected chi connectivity index (χ1v) is 7.02. The fourth-order valence-corrected chi connectivity index (χ4v) is 2.33. The number of ether oxygens (including phenoxy) is 1. The van der Waals surface area contributed by atoms with Gasteiger partial charge in [-0.3, -0.25) is 10.1 Å². The normalized spacial score (nSPS) is 16.4. The van der Waals surface area contributed by atoms with Crippen molar-refractivity contribution < 1.29 is 14.5 Å². The lowest BCUT2D eigenvalue weighted by Crippen LogP contribution is -2.37. The van der Waals surface area contributed by atoms with Crippen LogP contribution in [0.3, 0.4) is 0 Å². The zero-order valence-corrected chi connectivity index (χ0v) is 12.0. The van der Waals surface area contributed by atoms with Gasteiger partial charge in [0.1, 0.15) is 6.61 Å². The SMILES string of the molecule is C[C]1CCC(NC(=O)OCc2ccc([N+](=O)[O-])cc2)CC1. The highest BCUT2D eigenvalue weighted by molar-refractivity contribution is 5.67. The number of carbonyl (C=O) groups is 1. The number of hydrogen-bond donors (Lipinski definition) is 1. The zero-order chi connectivity index (χ0) is 15.2. The molecule has 0 saturated heterocycles. The summed E-state index contributed by atoms with van der Waals surface area (Å²) in [6, 6.07) is 6.15. The summed E-state index contributed by atoms with van der Waals surface area (Å²) in [6.07, 6.45) is 3.58. The van der Waals surface area contributed by atoms with E-state index in [0.29, 0.717) is 0 Å². The monoisotopic (exact) mass is 291 g/mol. The van der Waals surface area contributed by atoms with E-state index in [1.165, 1.54) is 18.1 Å². The van der Waals surface area contributed by atoms with Gasteiger partial charge in [0.15, 0.2) is 0 Å². The summed E-state index contributed by atoms with van der Waals surface area (Å²) in [6.45, 7) is 2.25. The first-order chi connectivity index (χ1) is 10.0. The molecule has 0 unspecified atom stereocenters. The van der Waals surface area contributed by atoms with Gasteiger partial charge in [-0.15, -0.1) is 0 Å². The number of rotatable bonds is 4. The maximum atomic E-state index is 11.7. The second kappa shape index (κ2) is 7.06. The average molecular weight is 291 g/mol. The van der Waals surface area contributed by atoms with Crippen molar-refractivity contribution in [3.05, 3.63) is 45.9 Å². The van der Waals surface area contributed by atoms with Crippen LogP contribution in [0.2, 0.25) is 0 Å². The summed E-state index contributed by atoms with van der Waals surface area (Å²) in [5, 5.41) is 13.4. The van der Waals surface area contributed by atoms with Gasteiger partial charge in [0, 0.05) is 18.2 Å². The van der Waals surface area contributed by atoms with E-state index in [4.69, 9.17) is 4.74 Å². The molecule has 6 nitrogen and oxygen atoms in total. The first kappa shape index (κ1) is 15.3. The fourth-order valence-electron chi connectivity index (χ4n) is 2.33. The van der Waals surface area contributed by atoms with E-state index >= 15 is 0 Å². The molecule has 1 aliphatic rings. The highest BCUT2D eigenvalue weighted by Gasteiger charge is 2.20. The number of nitro groups is 1. The van der Waals surface area contributed by atoms with Crippen LogP contribution in [-0.2, 0) is 11.3 Å². The lowest BCUT2D eigenvalue weighted by atomic mass is 9.87. The molecule has 21 heavy (non-hydrogen) atoms. The van der Waals surface area contributed by atoms with Gasteiger partial charge in [-0.05, 0) is 49.3 Å². The van der Waals surface area contributed by atoms with Gasteiger partial charge in [0.25, 0.3) is 5.69 Å². The molecule has 0 heterocycles. The van der Waals surface area contributed by atoms with Crippen LogP contribution in [0.25, 0.3) is 0 Å². The lowest BCUT2D eigenvalue weighted by molar-refractivity contribution is -0.384. The second-order valence-corrected chi connectivity index (χ2v) is 5.38. The van der Waals surface area contributed by atoms with E-state index < -0.39 is 11.0 Å². The number of nitro benzene ring substituents is 1. The minimum absolute atomic E-state index is 0.0250. The quantitative estimate of drug-likeness (QED) is 0.681. The van der Waals surface area contributed by atoms with Gasteiger partial charge >= 0.3 is 6.09 Å². The average Bonchev–Trinajstić information content (AvgIpc) is 2.48. The van der Waals surface area contributed by atoms with Gasteiger partial charge in [0.2, 0.25) is 0 Å². The third-order valence-corrected chi connectivity index (χ3v) is 3.68. The van der Waals surface area contributed by atoms with Gasteiger partial charge < -0.3 is 10.1 Å². The molecule has 0 bridgehead atoms. The van der Waals surface area contributed by atoms with Crippen molar-refractivity contribution in [1.29, 1.82) is 0 Å². The summed E-state index contributed by atoms with van der Waals surface area (Å²) in [5.74, 6) is 1.48. The van der Waals surface area contributed by atoms with Crippen LogP contribution in [0.5, 0.6) is 0 Å². The van der Waals surface area contributed by atoms with E-state index in [1.54, 1.807) is 12.1 Å². The molecule has 1 saturated carbocycles. The van der Waals surface area contributed by atoms with Crippen LogP contribution in [0.15, 0.2) is 24.3 Å². The molecule has 1 N–H and O–H groups in total. The van der Waals surface area contributed by atoms with E-state index in [9.17, 15) is 14.9 Å². The molecular weight excluding hydrogens is 272 g/mol. The maximum Gasteiger partial charge on any atom is 0.407 e. The largest absolute Gasteiger partial charge is 0.445 e. The Morgan fingerprint density at radius 1 is 1.33 bits per heavy atom. The molecule has 0 aromatic heterocycles. The highest BCUT2D eigenvalue weighted by atomic mass is 16.6. The zero-order valence-electron chi connectivity index (χ0n) is 12.0. The van der Waals surface area contributed by atoms with Gasteiger partial charge in [-0.1, -0.05) is 6.92 Å². The van der Waals surface area contributed by atoms with Crippen molar-refractivity contribution in [3.8, 4) is 0 Å². The molecule has 113 valence electrons. The smallest absolute Gasteiger partial charge is 0.407 e. The van der Waals surface area contributed by atoms with Gasteiger partial charge in [0.05, 0.1) is 4.92 Å². The van der Waals surface area contributed by atoms with Crippen LogP contribution in [0.4, 0.5) is 10.5 Å². The molecule has 0 spiro atoms. The molecule has 1 aromatic carbocycles. The van der Waals surface area contributed by atoms with Crippen molar-refractivity contribution in [2.75, 3.05) is 0 Å². The number of carbonyl (C=O) groups excluding carboxylic acids is 1. The minimum atomic E-state index is -0.459. The Balaban J connectivity index is 1.74. The summed E-state index contributed by atoms with van der Waals surface area (Å²) >= 11 is 0. The Morgan fingerprint density at radius 2 is 1.95 bits per heavy atom. The van der Waals surface area contributed by atoms with Crippen LogP contribution >= 0.6 is 0 Å². The number of nitrogens with one attached hydrogen (secondary N) is 1. The number of benzene rings is 1. The predicted molar refractivity (Wildman–Crippen MR) is 77.6 cm³/mol. The predicted octanol–water partition coefficient (Wildman–Crippen LogP) is 3.36. The van der Waals surface area contributed by atoms with E-state index in [0.717, 1.165) is 31.2 Å². The van der Waals surface area contributed by atoms with Crippen LogP contribution in [0, 0.1) is 16.0 Å². The third kappa shape index (κ3) is 4.73. The van der Waals surface area contributed by atoms with Crippen molar-refractivity contribution in [3.63, 3.8) is 0 Å². The Bertz CT molecular complexity index is 493. The van der Waals surface area contributed by atoms with E-state index in [1.807, 2.05) is 0 Å². The van der Waals surface area contributed by atoms with E-state index in [-0.39, 0.29) is 18.3 Å². The number of non-ortho nitro benzene ring substituents is 1. The first-order valence-electron chi connectivity index (χ1n) is 7.02. The van der Waals surface area contributed by atoms with Gasteiger partial charge in [-0.25, -0.2) is 4.79 Å². The van der Waals surface area contributed by atoms with Crippen molar-refractivity contribution in [1.82, 2.24) is 5.32 Å². The number of alkyl carbamates (subject to hydrolysis) is 1. The second-order valence-electron chi connectivity index (χ2n) is 5.38. The molecule has 1 aliphatic carbocycles. The highest BCUT2D eigenvalue weighted by Crippen LogP contribution is 2.25. The Hall–Kier alpha value is -2.11. The molecule has 1 amide bonds. The summed E-state index contributed by atoms with van der Waals surface area (Å²) in [5.41, 5.74) is 0.751. The molecule has 6 heteroatoms. The Morgan fingerprint density at radius 3 is 2.52 bits per heavy atom. The van der Waals surface area contributed by atoms with Crippen LogP contribution in [-0.4, -0.2) is 17.1 Å². The maximum absolute atomic E-state index is 11.7. The van der Waals surface area contributed by atoms with Crippen molar-refractivity contribution in [2.45, 2.75) is 45.3 Å². The standard InChI is InChI=1S/C15H19N2O4/c1-11-2-6-13(7-3-11)16-15(18)21-10-12-4-8-14(9-5-12)17(19)20/h4-5,8-9,13H,2-3,6-7,10H2,1H3,(H,16,18). The minimum Gasteiger partial charge on any atom is -0.445 e. The molecular formula is C15H19N2O4. The Labute approximate surface area is 123 Å². The number of amides is 1. The summed E-state index contributed by atoms with van der Waals surface area (Å²) in [4.78, 5) is 21.8. The van der Waals surface area contributed by atoms with E-state index in [2.05, 4.69) is 12.2 Å². The molecule has 1 aromatic rings. The van der Waals surface area contributed by atoms with Crippen LogP contribution < -0.4 is 5.32 Å². The molecule has 0 atom stereocenters. The summed E-state index contributed by atoms with van der Waals surface area (Å²) < 4.78 is 5.13. The fraction of sp³-hybridized carbons (Fsp3) is 0.467.